The van der Waals surface area contributed by atoms with E-state index in [1.165, 1.54) is 11.1 Å². The largest absolute Gasteiger partial charge is 0.370 e. The van der Waals surface area contributed by atoms with Gasteiger partial charge in [0, 0.05) is 25.3 Å². The highest BCUT2D eigenvalue weighted by atomic mass is 79.9. The first-order chi connectivity index (χ1) is 9.88. The highest BCUT2D eigenvalue weighted by molar-refractivity contribution is 9.10. The molecule has 0 unspecified atom stereocenters. The summed E-state index contributed by atoms with van der Waals surface area (Å²) < 4.78 is 0.505. The minimum absolute atomic E-state index is 0.0986. The third-order valence-electron chi connectivity index (χ3n) is 3.39. The molecule has 0 fully saturated rings. The van der Waals surface area contributed by atoms with E-state index in [0.29, 0.717) is 11.0 Å². The molecule has 0 saturated carbocycles. The van der Waals surface area contributed by atoms with E-state index in [1.54, 1.807) is 12.1 Å². The molecule has 0 aromatic heterocycles. The fraction of sp³-hybridized carbons (Fsp3) is 0.250. The zero-order valence-corrected chi connectivity index (χ0v) is 13.8. The molecule has 0 aliphatic carbocycles. The Morgan fingerprint density at radius 3 is 2.52 bits per heavy atom. The van der Waals surface area contributed by atoms with Crippen molar-refractivity contribution in [2.24, 2.45) is 0 Å². The molecule has 5 heteroatoms. The Labute approximate surface area is 132 Å². The number of hydrogen-bond donors (Lipinski definition) is 0. The molecule has 110 valence electrons. The third-order valence-corrected chi connectivity index (χ3v) is 4.06. The number of rotatable bonds is 4. The molecule has 0 radical (unpaired) electrons. The van der Waals surface area contributed by atoms with Crippen molar-refractivity contribution < 1.29 is 4.92 Å². The van der Waals surface area contributed by atoms with Crippen LogP contribution < -0.4 is 4.90 Å². The van der Waals surface area contributed by atoms with Crippen LogP contribution in [0.2, 0.25) is 0 Å². The Balaban J connectivity index is 2.25. The van der Waals surface area contributed by atoms with Gasteiger partial charge in [0.15, 0.2) is 0 Å². The van der Waals surface area contributed by atoms with Crippen molar-refractivity contribution in [1.82, 2.24) is 0 Å². The summed E-state index contributed by atoms with van der Waals surface area (Å²) in [5, 5.41) is 11.0. The first kappa shape index (κ1) is 15.5. The lowest BCUT2D eigenvalue weighted by atomic mass is 10.1. The lowest BCUT2D eigenvalue weighted by Crippen LogP contribution is -2.17. The van der Waals surface area contributed by atoms with Gasteiger partial charge in [-0.2, -0.15) is 0 Å². The molecule has 0 bridgehead atoms. The van der Waals surface area contributed by atoms with Gasteiger partial charge >= 0.3 is 0 Å². The molecule has 4 nitrogen and oxygen atoms in total. The SMILES string of the molecule is Cc1ccc(N(C)Cc2ccc(Br)c([N+](=O)[O-])c2)c(C)c1. The van der Waals surface area contributed by atoms with Gasteiger partial charge in [0.2, 0.25) is 0 Å². The smallest absolute Gasteiger partial charge is 0.283 e. The maximum absolute atomic E-state index is 11.0. The van der Waals surface area contributed by atoms with Gasteiger partial charge in [0.1, 0.15) is 0 Å². The lowest BCUT2D eigenvalue weighted by Gasteiger charge is -2.22. The molecule has 2 aromatic rings. The normalized spacial score (nSPS) is 10.5. The fourth-order valence-electron chi connectivity index (χ4n) is 2.39. The van der Waals surface area contributed by atoms with E-state index < -0.39 is 0 Å². The van der Waals surface area contributed by atoms with Gasteiger partial charge in [0.25, 0.3) is 5.69 Å². The Morgan fingerprint density at radius 1 is 1.19 bits per heavy atom. The van der Waals surface area contributed by atoms with Crippen molar-refractivity contribution in [3.05, 3.63) is 67.7 Å². The second kappa shape index (κ2) is 6.26. The maximum Gasteiger partial charge on any atom is 0.283 e. The fourth-order valence-corrected chi connectivity index (χ4v) is 2.78. The van der Waals surface area contributed by atoms with E-state index in [-0.39, 0.29) is 10.6 Å². The minimum Gasteiger partial charge on any atom is -0.370 e. The van der Waals surface area contributed by atoms with E-state index in [0.717, 1.165) is 11.3 Å². The quantitative estimate of drug-likeness (QED) is 0.598. The van der Waals surface area contributed by atoms with Crippen molar-refractivity contribution in [1.29, 1.82) is 0 Å². The van der Waals surface area contributed by atoms with Crippen LogP contribution >= 0.6 is 15.9 Å². The van der Waals surface area contributed by atoms with Crippen LogP contribution in [-0.4, -0.2) is 12.0 Å². The van der Waals surface area contributed by atoms with Crippen LogP contribution in [0.4, 0.5) is 11.4 Å². The minimum atomic E-state index is -0.370. The molecular weight excluding hydrogens is 332 g/mol. The molecule has 2 rings (SSSR count). The summed E-state index contributed by atoms with van der Waals surface area (Å²) in [4.78, 5) is 12.7. The molecular formula is C16H17BrN2O2. The van der Waals surface area contributed by atoms with E-state index in [2.05, 4.69) is 52.9 Å². The predicted molar refractivity (Wildman–Crippen MR) is 88.8 cm³/mol. The van der Waals surface area contributed by atoms with Crippen LogP contribution in [0.1, 0.15) is 16.7 Å². The first-order valence-electron chi connectivity index (χ1n) is 6.59. The number of halogens is 1. The van der Waals surface area contributed by atoms with Gasteiger partial charge in [-0.25, -0.2) is 0 Å². The molecule has 2 aromatic carbocycles. The molecule has 0 N–H and O–H groups in total. The summed E-state index contributed by atoms with van der Waals surface area (Å²) in [5.41, 5.74) is 4.56. The van der Waals surface area contributed by atoms with Crippen LogP contribution in [0.5, 0.6) is 0 Å². The number of benzene rings is 2. The van der Waals surface area contributed by atoms with E-state index in [1.807, 2.05) is 13.1 Å². The maximum atomic E-state index is 11.0. The van der Waals surface area contributed by atoms with Crippen LogP contribution in [0.15, 0.2) is 40.9 Å². The molecule has 0 aliphatic heterocycles. The number of aryl methyl sites for hydroxylation is 2. The van der Waals surface area contributed by atoms with E-state index in [9.17, 15) is 10.1 Å². The van der Waals surface area contributed by atoms with Crippen molar-refractivity contribution in [2.75, 3.05) is 11.9 Å². The van der Waals surface area contributed by atoms with E-state index in [4.69, 9.17) is 0 Å². The van der Waals surface area contributed by atoms with Gasteiger partial charge in [-0.15, -0.1) is 0 Å². The highest BCUT2D eigenvalue weighted by Gasteiger charge is 2.13. The predicted octanol–water partition coefficient (Wildman–Crippen LogP) is 4.61. The van der Waals surface area contributed by atoms with Crippen LogP contribution in [0.25, 0.3) is 0 Å². The summed E-state index contributed by atoms with van der Waals surface area (Å²) in [6.07, 6.45) is 0. The molecule has 21 heavy (non-hydrogen) atoms. The van der Waals surface area contributed by atoms with Gasteiger partial charge in [-0.3, -0.25) is 10.1 Å². The Bertz CT molecular complexity index is 686. The van der Waals surface area contributed by atoms with Crippen molar-refractivity contribution >= 4 is 27.3 Å². The summed E-state index contributed by atoms with van der Waals surface area (Å²) in [7, 11) is 1.99. The van der Waals surface area contributed by atoms with Gasteiger partial charge in [0.05, 0.1) is 9.40 Å². The van der Waals surface area contributed by atoms with Crippen molar-refractivity contribution in [3.63, 3.8) is 0 Å². The number of nitro groups is 1. The summed E-state index contributed by atoms with van der Waals surface area (Å²) in [6.45, 7) is 4.76. The van der Waals surface area contributed by atoms with Crippen LogP contribution in [-0.2, 0) is 6.54 Å². The molecule has 0 amide bonds. The second-order valence-electron chi connectivity index (χ2n) is 5.19. The summed E-state index contributed by atoms with van der Waals surface area (Å²) in [6, 6.07) is 11.5. The first-order valence-corrected chi connectivity index (χ1v) is 7.39. The molecule has 0 saturated heterocycles. The van der Waals surface area contributed by atoms with Gasteiger partial charge in [-0.1, -0.05) is 23.8 Å². The number of anilines is 1. The number of hydrogen-bond acceptors (Lipinski definition) is 3. The van der Waals surface area contributed by atoms with Gasteiger partial charge < -0.3 is 4.90 Å². The standard InChI is InChI=1S/C16H17BrN2O2/c1-11-4-7-15(12(2)8-11)18(3)10-13-5-6-14(17)16(9-13)19(20)21/h4-9H,10H2,1-3H3. The van der Waals surface area contributed by atoms with E-state index >= 15 is 0 Å². The number of nitro benzene ring substituents is 1. The molecule has 0 heterocycles. The average molecular weight is 349 g/mol. The third kappa shape index (κ3) is 3.61. The van der Waals surface area contributed by atoms with Gasteiger partial charge in [-0.05, 0) is 53.0 Å². The van der Waals surface area contributed by atoms with Crippen molar-refractivity contribution in [2.45, 2.75) is 20.4 Å². The second-order valence-corrected chi connectivity index (χ2v) is 6.04. The molecule has 0 atom stereocenters. The Kier molecular flexibility index (Phi) is 4.63. The van der Waals surface area contributed by atoms with Crippen LogP contribution in [0.3, 0.4) is 0 Å². The summed E-state index contributed by atoms with van der Waals surface area (Å²) in [5.74, 6) is 0. The van der Waals surface area contributed by atoms with Crippen molar-refractivity contribution in [3.8, 4) is 0 Å². The Hall–Kier alpha value is -1.88. The average Bonchev–Trinajstić information content (AvgIpc) is 2.40. The zero-order chi connectivity index (χ0) is 15.6. The number of nitrogens with zero attached hydrogens (tertiary/aromatic N) is 2. The lowest BCUT2D eigenvalue weighted by molar-refractivity contribution is -0.385. The molecule has 0 spiro atoms. The topological polar surface area (TPSA) is 46.4 Å². The zero-order valence-electron chi connectivity index (χ0n) is 12.3. The summed E-state index contributed by atoms with van der Waals surface area (Å²) >= 11 is 3.21. The highest BCUT2D eigenvalue weighted by Crippen LogP contribution is 2.27. The Morgan fingerprint density at radius 2 is 1.90 bits per heavy atom. The monoisotopic (exact) mass is 348 g/mol. The molecule has 0 aliphatic rings. The van der Waals surface area contributed by atoms with Crippen LogP contribution in [0, 0.1) is 24.0 Å².